The maximum Gasteiger partial charge on any atom is 0.0516 e. The van der Waals surface area contributed by atoms with Crippen LogP contribution < -0.4 is 4.90 Å². The van der Waals surface area contributed by atoms with E-state index >= 15 is 0 Å². The number of hydrogen-bond acceptors (Lipinski definition) is 1. The van der Waals surface area contributed by atoms with Gasteiger partial charge in [-0.05, 0) is 37.0 Å². The van der Waals surface area contributed by atoms with E-state index in [4.69, 9.17) is 6.42 Å². The van der Waals surface area contributed by atoms with Gasteiger partial charge in [0, 0.05) is 22.9 Å². The van der Waals surface area contributed by atoms with E-state index in [-0.39, 0.29) is 5.41 Å². The van der Waals surface area contributed by atoms with Crippen LogP contribution in [0.3, 0.4) is 0 Å². The molecule has 0 amide bonds. The molecule has 0 N–H and O–H groups in total. The normalized spacial score (nSPS) is 23.2. The van der Waals surface area contributed by atoms with Gasteiger partial charge in [0.1, 0.15) is 0 Å². The Labute approximate surface area is 122 Å². The molecule has 0 bridgehead atoms. The highest BCUT2D eigenvalue weighted by Crippen LogP contribution is 2.40. The highest BCUT2D eigenvalue weighted by Gasteiger charge is 2.29. The van der Waals surface area contributed by atoms with Crippen molar-refractivity contribution in [3.05, 3.63) is 53.8 Å². The van der Waals surface area contributed by atoms with Crippen molar-refractivity contribution in [2.45, 2.75) is 44.6 Å². The third-order valence-corrected chi connectivity index (χ3v) is 4.37. The Morgan fingerprint density at radius 1 is 1.35 bits per heavy atom. The molecule has 0 radical (unpaired) electrons. The third-order valence-electron chi connectivity index (χ3n) is 4.37. The summed E-state index contributed by atoms with van der Waals surface area (Å²) in [6, 6.07) is 6.86. The molecule has 20 heavy (non-hydrogen) atoms. The summed E-state index contributed by atoms with van der Waals surface area (Å²) >= 11 is 0. The Kier molecular flexibility index (Phi) is 3.18. The smallest absolute Gasteiger partial charge is 0.0516 e. The second-order valence-electron chi connectivity index (χ2n) is 6.25. The van der Waals surface area contributed by atoms with Crippen LogP contribution in [0.5, 0.6) is 0 Å². The molecule has 0 saturated carbocycles. The minimum absolute atomic E-state index is 0.0668. The van der Waals surface area contributed by atoms with Gasteiger partial charge in [0.05, 0.1) is 6.04 Å². The quantitative estimate of drug-likeness (QED) is 0.536. The van der Waals surface area contributed by atoms with Crippen LogP contribution in [0.4, 0.5) is 5.69 Å². The SMILES string of the molecule is C#Cc1ccc2c(c1)N(C1C=CCCC1)C=CC2(C)C. The van der Waals surface area contributed by atoms with Gasteiger partial charge in [-0.3, -0.25) is 0 Å². The monoisotopic (exact) mass is 263 g/mol. The zero-order valence-corrected chi connectivity index (χ0v) is 12.3. The fourth-order valence-corrected chi connectivity index (χ4v) is 3.13. The van der Waals surface area contributed by atoms with Gasteiger partial charge in [0.2, 0.25) is 0 Å². The van der Waals surface area contributed by atoms with Gasteiger partial charge in [-0.2, -0.15) is 0 Å². The highest BCUT2D eigenvalue weighted by atomic mass is 15.2. The zero-order chi connectivity index (χ0) is 14.2. The van der Waals surface area contributed by atoms with Crippen LogP contribution in [0.1, 0.15) is 44.2 Å². The molecule has 1 aromatic rings. The molecule has 1 heterocycles. The molecule has 1 atom stereocenters. The fourth-order valence-electron chi connectivity index (χ4n) is 3.13. The summed E-state index contributed by atoms with van der Waals surface area (Å²) in [5, 5.41) is 0. The van der Waals surface area contributed by atoms with Crippen molar-refractivity contribution in [2.24, 2.45) is 0 Å². The molecule has 0 spiro atoms. The lowest BCUT2D eigenvalue weighted by molar-refractivity contribution is 0.597. The lowest BCUT2D eigenvalue weighted by Gasteiger charge is -2.39. The van der Waals surface area contributed by atoms with Gasteiger partial charge in [0.15, 0.2) is 0 Å². The predicted octanol–water partition coefficient (Wildman–Crippen LogP) is 4.39. The predicted molar refractivity (Wildman–Crippen MR) is 85.8 cm³/mol. The molecule has 102 valence electrons. The minimum Gasteiger partial charge on any atom is -0.341 e. The minimum atomic E-state index is 0.0668. The fraction of sp³-hybridized carbons (Fsp3) is 0.368. The number of allylic oxidation sites excluding steroid dienone is 2. The van der Waals surface area contributed by atoms with Crippen LogP contribution in [0, 0.1) is 12.3 Å². The zero-order valence-electron chi connectivity index (χ0n) is 12.3. The summed E-state index contributed by atoms with van der Waals surface area (Å²) in [4.78, 5) is 2.39. The van der Waals surface area contributed by atoms with Gasteiger partial charge in [-0.25, -0.2) is 0 Å². The van der Waals surface area contributed by atoms with E-state index in [0.717, 1.165) is 5.56 Å². The van der Waals surface area contributed by atoms with Crippen molar-refractivity contribution in [1.82, 2.24) is 0 Å². The Hall–Kier alpha value is -1.94. The number of terminal acetylenes is 1. The highest BCUT2D eigenvalue weighted by molar-refractivity contribution is 5.66. The van der Waals surface area contributed by atoms with Crippen molar-refractivity contribution in [3.63, 3.8) is 0 Å². The van der Waals surface area contributed by atoms with E-state index in [1.165, 1.54) is 30.5 Å². The van der Waals surface area contributed by atoms with Crippen LogP contribution in [-0.4, -0.2) is 6.04 Å². The standard InChI is InChI=1S/C19H21N/c1-4-15-10-11-17-18(14-15)20(13-12-19(17,2)3)16-8-6-5-7-9-16/h1,6,8,10-14,16H,5,7,9H2,2-3H3. The lowest BCUT2D eigenvalue weighted by atomic mass is 9.80. The lowest BCUT2D eigenvalue weighted by Crippen LogP contribution is -2.35. The molecule has 1 aliphatic carbocycles. The Bertz CT molecular complexity index is 613. The maximum absolute atomic E-state index is 5.57. The molecule has 1 aromatic carbocycles. The molecule has 1 aliphatic heterocycles. The van der Waals surface area contributed by atoms with Crippen LogP contribution in [0.15, 0.2) is 42.6 Å². The molecule has 2 aliphatic rings. The number of rotatable bonds is 1. The van der Waals surface area contributed by atoms with Crippen LogP contribution in [-0.2, 0) is 5.41 Å². The van der Waals surface area contributed by atoms with Crippen molar-refractivity contribution < 1.29 is 0 Å². The average Bonchev–Trinajstić information content (AvgIpc) is 2.47. The van der Waals surface area contributed by atoms with E-state index in [1.807, 2.05) is 0 Å². The molecule has 1 unspecified atom stereocenters. The van der Waals surface area contributed by atoms with Gasteiger partial charge in [0.25, 0.3) is 0 Å². The van der Waals surface area contributed by atoms with Crippen molar-refractivity contribution >= 4 is 5.69 Å². The first-order valence-electron chi connectivity index (χ1n) is 7.37. The molecule has 3 rings (SSSR count). The second-order valence-corrected chi connectivity index (χ2v) is 6.25. The molecule has 0 saturated heterocycles. The van der Waals surface area contributed by atoms with Crippen LogP contribution in [0.25, 0.3) is 0 Å². The van der Waals surface area contributed by atoms with E-state index in [1.54, 1.807) is 0 Å². The van der Waals surface area contributed by atoms with Crippen molar-refractivity contribution in [1.29, 1.82) is 0 Å². The van der Waals surface area contributed by atoms with Gasteiger partial charge in [-0.1, -0.05) is 44.1 Å². The summed E-state index contributed by atoms with van der Waals surface area (Å²) in [5.74, 6) is 2.76. The Balaban J connectivity index is 2.09. The molecule has 1 heteroatoms. The summed E-state index contributed by atoms with van der Waals surface area (Å²) < 4.78 is 0. The van der Waals surface area contributed by atoms with E-state index in [0.29, 0.717) is 6.04 Å². The number of fused-ring (bicyclic) bond motifs is 1. The second kappa shape index (κ2) is 4.87. The number of anilines is 1. The summed E-state index contributed by atoms with van der Waals surface area (Å²) in [6.45, 7) is 4.51. The molecule has 0 aromatic heterocycles. The number of benzene rings is 1. The third kappa shape index (κ3) is 2.16. The number of hydrogen-bond donors (Lipinski definition) is 0. The van der Waals surface area contributed by atoms with E-state index < -0.39 is 0 Å². The summed E-state index contributed by atoms with van der Waals surface area (Å²) in [6.07, 6.45) is 18.4. The summed E-state index contributed by atoms with van der Waals surface area (Å²) in [5.41, 5.74) is 3.65. The Morgan fingerprint density at radius 2 is 2.20 bits per heavy atom. The van der Waals surface area contributed by atoms with E-state index in [2.05, 4.69) is 67.3 Å². The van der Waals surface area contributed by atoms with Crippen LogP contribution in [0.2, 0.25) is 0 Å². The van der Waals surface area contributed by atoms with Gasteiger partial charge in [-0.15, -0.1) is 6.42 Å². The van der Waals surface area contributed by atoms with Gasteiger partial charge < -0.3 is 4.90 Å². The van der Waals surface area contributed by atoms with Crippen molar-refractivity contribution in [3.8, 4) is 12.3 Å². The topological polar surface area (TPSA) is 3.24 Å². The maximum atomic E-state index is 5.57. The molecule has 1 nitrogen and oxygen atoms in total. The largest absolute Gasteiger partial charge is 0.341 e. The molecule has 0 fully saturated rings. The Morgan fingerprint density at radius 3 is 2.90 bits per heavy atom. The van der Waals surface area contributed by atoms with Crippen LogP contribution >= 0.6 is 0 Å². The molecular formula is C19H21N. The van der Waals surface area contributed by atoms with Crippen molar-refractivity contribution in [2.75, 3.05) is 4.90 Å². The summed E-state index contributed by atoms with van der Waals surface area (Å²) in [7, 11) is 0. The van der Waals surface area contributed by atoms with E-state index in [9.17, 15) is 0 Å². The first-order chi connectivity index (χ1) is 9.62. The number of nitrogens with zero attached hydrogens (tertiary/aromatic N) is 1. The first kappa shape index (κ1) is 13.1. The van der Waals surface area contributed by atoms with Gasteiger partial charge >= 0.3 is 0 Å². The average molecular weight is 263 g/mol. The first-order valence-corrected chi connectivity index (χ1v) is 7.37. The molecular weight excluding hydrogens is 242 g/mol.